The molecule has 0 saturated carbocycles. The van der Waals surface area contributed by atoms with Crippen LogP contribution in [0.1, 0.15) is 37.2 Å². The molecule has 0 unspecified atom stereocenters. The fourth-order valence-electron chi connectivity index (χ4n) is 5.89. The Morgan fingerprint density at radius 1 is 1.10 bits per heavy atom. The van der Waals surface area contributed by atoms with Crippen molar-refractivity contribution in [1.82, 2.24) is 15.2 Å². The lowest BCUT2D eigenvalue weighted by atomic mass is 9.75. The van der Waals surface area contributed by atoms with E-state index < -0.39 is 0 Å². The second-order valence-electron chi connectivity index (χ2n) is 8.62. The Bertz CT molecular complexity index is 908. The third-order valence-corrected chi connectivity index (χ3v) is 7.23. The molecule has 0 aromatic heterocycles. The van der Waals surface area contributed by atoms with Gasteiger partial charge in [0.1, 0.15) is 5.71 Å². The number of piperidine rings is 3. The number of hydrogen-bond acceptors (Lipinski definition) is 6. The molecule has 6 heterocycles. The number of carbonyl (C=O) groups excluding carboxylic acids is 2. The van der Waals surface area contributed by atoms with E-state index in [0.717, 1.165) is 37.4 Å². The summed E-state index contributed by atoms with van der Waals surface area (Å²) in [4.78, 5) is 29.4. The summed E-state index contributed by atoms with van der Waals surface area (Å²) in [5, 5.41) is 4.08. The van der Waals surface area contributed by atoms with Crippen LogP contribution in [0, 0.1) is 5.92 Å². The summed E-state index contributed by atoms with van der Waals surface area (Å²) in [7, 11) is 0. The zero-order chi connectivity index (χ0) is 19.5. The van der Waals surface area contributed by atoms with Crippen LogP contribution in [-0.4, -0.2) is 65.8 Å². The van der Waals surface area contributed by atoms with Crippen LogP contribution in [0.3, 0.4) is 0 Å². The van der Waals surface area contributed by atoms with Gasteiger partial charge in [0.15, 0.2) is 11.5 Å². The molecule has 0 spiro atoms. The van der Waals surface area contributed by atoms with Crippen LogP contribution in [0.2, 0.25) is 0 Å². The minimum Gasteiger partial charge on any atom is -0.454 e. The van der Waals surface area contributed by atoms with E-state index in [0.29, 0.717) is 37.1 Å². The maximum absolute atomic E-state index is 13.4. The lowest BCUT2D eigenvalue weighted by Crippen LogP contribution is -2.61. The smallest absolute Gasteiger partial charge is 0.270 e. The van der Waals surface area contributed by atoms with Gasteiger partial charge in [0.05, 0.1) is 6.04 Å². The average molecular weight is 396 g/mol. The topological polar surface area (TPSA) is 83.5 Å². The predicted molar refractivity (Wildman–Crippen MR) is 104 cm³/mol. The quantitative estimate of drug-likeness (QED) is 0.809. The molecule has 6 aliphatic heterocycles. The van der Waals surface area contributed by atoms with Crippen molar-refractivity contribution in [3.63, 3.8) is 0 Å². The van der Waals surface area contributed by atoms with Gasteiger partial charge in [0, 0.05) is 31.3 Å². The molecule has 2 amide bonds. The first-order valence-electron chi connectivity index (χ1n) is 10.5. The zero-order valence-electron chi connectivity index (χ0n) is 16.2. The molecule has 1 aromatic rings. The Kier molecular flexibility index (Phi) is 3.84. The van der Waals surface area contributed by atoms with Crippen LogP contribution in [0.25, 0.3) is 0 Å². The Labute approximate surface area is 168 Å². The molecule has 8 heteroatoms. The van der Waals surface area contributed by atoms with Gasteiger partial charge in [-0.3, -0.25) is 14.5 Å². The number of nitrogens with zero attached hydrogens (tertiary/aromatic N) is 3. The monoisotopic (exact) mass is 396 g/mol. The van der Waals surface area contributed by atoms with Gasteiger partial charge in [0.2, 0.25) is 12.7 Å². The summed E-state index contributed by atoms with van der Waals surface area (Å²) in [5.41, 5.74) is 4.15. The molecule has 7 rings (SSSR count). The maximum Gasteiger partial charge on any atom is 0.270 e. The summed E-state index contributed by atoms with van der Waals surface area (Å²) in [5.74, 6) is 2.21. The highest BCUT2D eigenvalue weighted by Crippen LogP contribution is 2.48. The molecule has 2 bridgehead atoms. The minimum atomic E-state index is -0.123. The SMILES string of the molecule is O=C1CCC(C(=O)N2C[C@H](c3ccc4c(c3)OCO4)[C@H]3[C@@H]2C2CCN3CC2)=NN1. The van der Waals surface area contributed by atoms with Gasteiger partial charge in [-0.15, -0.1) is 0 Å². The van der Waals surface area contributed by atoms with Crippen molar-refractivity contribution >= 4 is 17.5 Å². The zero-order valence-corrected chi connectivity index (χ0v) is 16.2. The van der Waals surface area contributed by atoms with E-state index in [2.05, 4.69) is 27.6 Å². The van der Waals surface area contributed by atoms with Crippen molar-refractivity contribution in [2.45, 2.75) is 43.7 Å². The fourth-order valence-corrected chi connectivity index (χ4v) is 5.89. The van der Waals surface area contributed by atoms with Crippen molar-refractivity contribution in [2.24, 2.45) is 11.0 Å². The first-order chi connectivity index (χ1) is 14.2. The molecule has 1 aromatic carbocycles. The number of likely N-dealkylation sites (tertiary alicyclic amines) is 1. The van der Waals surface area contributed by atoms with Crippen LogP contribution < -0.4 is 14.9 Å². The molecule has 0 aliphatic carbocycles. The van der Waals surface area contributed by atoms with E-state index in [-0.39, 0.29) is 30.6 Å². The molecule has 8 nitrogen and oxygen atoms in total. The van der Waals surface area contributed by atoms with E-state index in [1.807, 2.05) is 11.0 Å². The van der Waals surface area contributed by atoms with Gasteiger partial charge in [-0.25, -0.2) is 5.43 Å². The van der Waals surface area contributed by atoms with Gasteiger partial charge in [0.25, 0.3) is 5.91 Å². The second-order valence-corrected chi connectivity index (χ2v) is 8.62. The van der Waals surface area contributed by atoms with Crippen molar-refractivity contribution in [1.29, 1.82) is 0 Å². The highest BCUT2D eigenvalue weighted by Gasteiger charge is 2.55. The van der Waals surface area contributed by atoms with Gasteiger partial charge in [-0.2, -0.15) is 5.10 Å². The fraction of sp³-hybridized carbons (Fsp3) is 0.571. The Hall–Kier alpha value is -2.61. The largest absolute Gasteiger partial charge is 0.454 e. The number of fused-ring (bicyclic) bond motifs is 3. The predicted octanol–water partition coefficient (Wildman–Crippen LogP) is 1.07. The van der Waals surface area contributed by atoms with Gasteiger partial charge in [-0.05, 0) is 49.5 Å². The number of ether oxygens (including phenoxy) is 2. The van der Waals surface area contributed by atoms with Crippen LogP contribution in [0.5, 0.6) is 11.5 Å². The Morgan fingerprint density at radius 3 is 2.72 bits per heavy atom. The average Bonchev–Trinajstić information content (AvgIpc) is 3.40. The van der Waals surface area contributed by atoms with E-state index in [9.17, 15) is 9.59 Å². The first kappa shape index (κ1) is 17.3. The van der Waals surface area contributed by atoms with E-state index >= 15 is 0 Å². The third-order valence-electron chi connectivity index (χ3n) is 7.23. The van der Waals surface area contributed by atoms with Crippen molar-refractivity contribution in [2.75, 3.05) is 26.4 Å². The lowest BCUT2D eigenvalue weighted by molar-refractivity contribution is -0.129. The van der Waals surface area contributed by atoms with Crippen LogP contribution in [-0.2, 0) is 9.59 Å². The molecule has 1 N–H and O–H groups in total. The Balaban J connectivity index is 1.35. The van der Waals surface area contributed by atoms with Crippen molar-refractivity contribution < 1.29 is 19.1 Å². The molecule has 4 saturated heterocycles. The number of nitrogens with one attached hydrogen (secondary N) is 1. The summed E-state index contributed by atoms with van der Waals surface area (Å²) in [6.07, 6.45) is 3.03. The van der Waals surface area contributed by atoms with Crippen molar-refractivity contribution in [3.05, 3.63) is 23.8 Å². The number of hydrogen-bond donors (Lipinski definition) is 1. The molecular formula is C21H24N4O4. The van der Waals surface area contributed by atoms with Crippen LogP contribution >= 0.6 is 0 Å². The first-order valence-corrected chi connectivity index (χ1v) is 10.5. The second kappa shape index (κ2) is 6.45. The minimum absolute atomic E-state index is 0.0167. The van der Waals surface area contributed by atoms with Gasteiger partial charge >= 0.3 is 0 Å². The van der Waals surface area contributed by atoms with E-state index in [1.54, 1.807) is 0 Å². The highest BCUT2D eigenvalue weighted by atomic mass is 16.7. The molecule has 4 fully saturated rings. The maximum atomic E-state index is 13.4. The third kappa shape index (κ3) is 2.65. The van der Waals surface area contributed by atoms with E-state index in [1.165, 1.54) is 5.56 Å². The molecular weight excluding hydrogens is 372 g/mol. The lowest BCUT2D eigenvalue weighted by Gasteiger charge is -2.51. The summed E-state index contributed by atoms with van der Waals surface area (Å²) >= 11 is 0. The number of benzene rings is 1. The normalized spacial score (nSPS) is 34.6. The highest BCUT2D eigenvalue weighted by molar-refractivity contribution is 6.39. The summed E-state index contributed by atoms with van der Waals surface area (Å²) in [6, 6.07) is 6.71. The number of amides is 2. The summed E-state index contributed by atoms with van der Waals surface area (Å²) in [6.45, 7) is 3.14. The number of carbonyl (C=O) groups is 2. The molecule has 6 aliphatic rings. The standard InChI is InChI=1S/C21H24N4O4/c26-18-4-2-15(22-23-18)21(27)25-10-14(13-1-3-16-17(9-13)29-11-28-16)20-19(25)12-5-7-24(20)8-6-12/h1,3,9,12,14,19-20H,2,4-8,10-11H2,(H,23,26)/t14-,19+,20+/m1/s1. The van der Waals surface area contributed by atoms with Crippen LogP contribution in [0.15, 0.2) is 23.3 Å². The molecule has 3 atom stereocenters. The van der Waals surface area contributed by atoms with Gasteiger partial charge in [-0.1, -0.05) is 6.07 Å². The molecule has 152 valence electrons. The summed E-state index contributed by atoms with van der Waals surface area (Å²) < 4.78 is 11.1. The Morgan fingerprint density at radius 2 is 1.93 bits per heavy atom. The van der Waals surface area contributed by atoms with E-state index in [4.69, 9.17) is 9.47 Å². The van der Waals surface area contributed by atoms with Gasteiger partial charge < -0.3 is 14.4 Å². The van der Waals surface area contributed by atoms with Crippen LogP contribution in [0.4, 0.5) is 0 Å². The van der Waals surface area contributed by atoms with Crippen molar-refractivity contribution in [3.8, 4) is 11.5 Å². The number of rotatable bonds is 2. The molecule has 29 heavy (non-hydrogen) atoms. The molecule has 0 radical (unpaired) electrons. The number of hydrazone groups is 1.